The van der Waals surface area contributed by atoms with Gasteiger partial charge in [-0.2, -0.15) is 5.10 Å². The number of hydroxylamine groups is 1. The number of aromatic nitrogens is 6. The van der Waals surface area contributed by atoms with Crippen molar-refractivity contribution < 1.29 is 18.4 Å². The lowest BCUT2D eigenvalue weighted by atomic mass is 10.1. The standard InChI is InChI=1S/C26H21F2N9O5/c1-34-12-19-22-23(32-37(19)17-7-6-13(10-18(17)34)29-25(40)33-42-2)35(11-14-15(27)4-3-5-16(14)28)26(41)36(24(22)39)20-8-9-21(38)31-30-20/h3-10H,11-12H2,1-2H3,(H,31,38)(H2,29,33,40). The number of carbonyl (C=O) groups excluding carboxylic acids is 1. The van der Waals surface area contributed by atoms with Gasteiger partial charge in [0.25, 0.3) is 11.1 Å². The van der Waals surface area contributed by atoms with E-state index in [2.05, 4.69) is 30.9 Å². The van der Waals surface area contributed by atoms with E-state index in [1.54, 1.807) is 30.1 Å². The first-order valence-electron chi connectivity index (χ1n) is 12.4. The first-order valence-corrected chi connectivity index (χ1v) is 12.4. The molecule has 2 amide bonds. The Morgan fingerprint density at radius 2 is 1.83 bits per heavy atom. The third kappa shape index (κ3) is 4.29. The van der Waals surface area contributed by atoms with E-state index in [0.717, 1.165) is 27.3 Å². The first kappa shape index (κ1) is 26.6. The lowest BCUT2D eigenvalue weighted by molar-refractivity contribution is 0.114. The van der Waals surface area contributed by atoms with Crippen LogP contribution in [0.3, 0.4) is 0 Å². The normalized spacial score (nSPS) is 12.2. The second kappa shape index (κ2) is 10.1. The lowest BCUT2D eigenvalue weighted by Crippen LogP contribution is -2.40. The van der Waals surface area contributed by atoms with Crippen LogP contribution in [0.5, 0.6) is 0 Å². The summed E-state index contributed by atoms with van der Waals surface area (Å²) in [4.78, 5) is 57.6. The highest BCUT2D eigenvalue weighted by Gasteiger charge is 2.30. The maximum atomic E-state index is 14.7. The van der Waals surface area contributed by atoms with Gasteiger partial charge in [-0.05, 0) is 36.4 Å². The van der Waals surface area contributed by atoms with Gasteiger partial charge in [0.2, 0.25) is 0 Å². The number of nitrogens with zero attached hydrogens (tertiary/aromatic N) is 6. The van der Waals surface area contributed by atoms with Crippen LogP contribution >= 0.6 is 0 Å². The van der Waals surface area contributed by atoms with E-state index >= 15 is 0 Å². The van der Waals surface area contributed by atoms with Gasteiger partial charge in [0.05, 0.1) is 37.3 Å². The van der Waals surface area contributed by atoms with Crippen LogP contribution < -0.4 is 32.5 Å². The van der Waals surface area contributed by atoms with Gasteiger partial charge >= 0.3 is 11.7 Å². The summed E-state index contributed by atoms with van der Waals surface area (Å²) in [5.74, 6) is -1.97. The fraction of sp³-hybridized carbons (Fsp3) is 0.154. The van der Waals surface area contributed by atoms with Crippen LogP contribution in [0.4, 0.5) is 25.0 Å². The molecule has 0 unspecified atom stereocenters. The minimum Gasteiger partial charge on any atom is -0.367 e. The molecule has 0 spiro atoms. The highest BCUT2D eigenvalue weighted by atomic mass is 19.1. The number of rotatable bonds is 5. The van der Waals surface area contributed by atoms with Crippen LogP contribution in [0.2, 0.25) is 0 Å². The highest BCUT2D eigenvalue weighted by molar-refractivity contribution is 5.90. The fourth-order valence-electron chi connectivity index (χ4n) is 4.90. The van der Waals surface area contributed by atoms with E-state index in [-0.39, 0.29) is 23.4 Å². The van der Waals surface area contributed by atoms with Crippen LogP contribution in [0, 0.1) is 11.6 Å². The summed E-state index contributed by atoms with van der Waals surface area (Å²) in [5.41, 5.74) is 1.30. The largest absolute Gasteiger partial charge is 0.367 e. The Morgan fingerprint density at radius 3 is 2.52 bits per heavy atom. The average Bonchev–Trinajstić information content (AvgIpc) is 3.33. The van der Waals surface area contributed by atoms with Crippen LogP contribution in [0.15, 0.2) is 62.9 Å². The molecule has 0 aliphatic carbocycles. The van der Waals surface area contributed by atoms with Crippen LogP contribution in [0.25, 0.3) is 22.5 Å². The van der Waals surface area contributed by atoms with E-state index in [1.165, 1.54) is 23.9 Å². The number of hydrogen-bond donors (Lipinski definition) is 3. The van der Waals surface area contributed by atoms with Crippen molar-refractivity contribution in [1.29, 1.82) is 0 Å². The topological polar surface area (TPSA) is 161 Å². The molecule has 16 heteroatoms. The van der Waals surface area contributed by atoms with Crippen molar-refractivity contribution in [1.82, 2.24) is 34.6 Å². The number of anilines is 2. The molecule has 5 aromatic rings. The molecule has 0 saturated heterocycles. The van der Waals surface area contributed by atoms with Crippen molar-refractivity contribution in [2.24, 2.45) is 0 Å². The lowest BCUT2D eigenvalue weighted by Gasteiger charge is -2.28. The number of benzene rings is 2. The number of halogens is 2. The van der Waals surface area contributed by atoms with Crippen molar-refractivity contribution in [3.05, 3.63) is 103 Å². The molecule has 1 aliphatic heterocycles. The first-order chi connectivity index (χ1) is 20.2. The van der Waals surface area contributed by atoms with E-state index in [1.807, 2.05) is 0 Å². The Morgan fingerprint density at radius 1 is 1.07 bits per heavy atom. The number of carbonyl (C=O) groups is 1. The zero-order valence-corrected chi connectivity index (χ0v) is 22.0. The molecule has 3 N–H and O–H groups in total. The Hall–Kier alpha value is -5.64. The number of amides is 2. The molecule has 0 radical (unpaired) electrons. The molecule has 0 saturated carbocycles. The number of H-pyrrole nitrogens is 1. The molecule has 0 atom stereocenters. The number of aromatic amines is 1. The van der Waals surface area contributed by atoms with Gasteiger partial charge in [-0.15, -0.1) is 5.10 Å². The second-order valence-electron chi connectivity index (χ2n) is 9.37. The molecule has 14 nitrogen and oxygen atoms in total. The molecule has 214 valence electrons. The van der Waals surface area contributed by atoms with Crippen molar-refractivity contribution >= 4 is 28.4 Å². The summed E-state index contributed by atoms with van der Waals surface area (Å²) in [6.07, 6.45) is 0. The zero-order chi connectivity index (χ0) is 29.7. The Kier molecular flexibility index (Phi) is 6.38. The number of hydrogen-bond acceptors (Lipinski definition) is 8. The van der Waals surface area contributed by atoms with Gasteiger partial charge in [0.15, 0.2) is 11.5 Å². The van der Waals surface area contributed by atoms with Gasteiger partial charge in [-0.3, -0.25) is 19.0 Å². The minimum absolute atomic E-state index is 0.0125. The van der Waals surface area contributed by atoms with E-state index in [9.17, 15) is 28.0 Å². The Balaban J connectivity index is 1.61. The molecule has 0 bridgehead atoms. The van der Waals surface area contributed by atoms with Gasteiger partial charge in [0, 0.05) is 24.4 Å². The van der Waals surface area contributed by atoms with Crippen LogP contribution in [0.1, 0.15) is 11.3 Å². The third-order valence-corrected chi connectivity index (χ3v) is 6.78. The molecular formula is C26H21F2N9O5. The minimum atomic E-state index is -0.970. The maximum Gasteiger partial charge on any atom is 0.343 e. The molecule has 6 rings (SSSR count). The maximum absolute atomic E-state index is 14.7. The number of fused-ring (bicyclic) bond motifs is 5. The number of urea groups is 1. The summed E-state index contributed by atoms with van der Waals surface area (Å²) in [6.45, 7) is -0.453. The molecule has 4 heterocycles. The molecule has 1 aliphatic rings. The Bertz CT molecular complexity index is 2040. The van der Waals surface area contributed by atoms with Gasteiger partial charge < -0.3 is 10.2 Å². The predicted octanol–water partition coefficient (Wildman–Crippen LogP) is 1.38. The van der Waals surface area contributed by atoms with Gasteiger partial charge in [-0.25, -0.2) is 38.2 Å². The second-order valence-corrected chi connectivity index (χ2v) is 9.37. The van der Waals surface area contributed by atoms with Crippen LogP contribution in [-0.4, -0.2) is 49.3 Å². The van der Waals surface area contributed by atoms with Crippen molar-refractivity contribution in [2.45, 2.75) is 13.1 Å². The van der Waals surface area contributed by atoms with Crippen molar-refractivity contribution in [3.8, 4) is 11.5 Å². The summed E-state index contributed by atoms with van der Waals surface area (Å²) in [6, 6.07) is 9.94. The Labute approximate surface area is 233 Å². The quantitative estimate of drug-likeness (QED) is 0.264. The predicted molar refractivity (Wildman–Crippen MR) is 146 cm³/mol. The smallest absolute Gasteiger partial charge is 0.343 e. The van der Waals surface area contributed by atoms with Gasteiger partial charge in [-0.1, -0.05) is 6.07 Å². The van der Waals surface area contributed by atoms with Crippen molar-refractivity contribution in [3.63, 3.8) is 0 Å². The molecule has 0 fully saturated rings. The summed E-state index contributed by atoms with van der Waals surface area (Å²) >= 11 is 0. The molecular weight excluding hydrogens is 556 g/mol. The summed E-state index contributed by atoms with van der Waals surface area (Å²) < 4.78 is 32.6. The fourth-order valence-corrected chi connectivity index (χ4v) is 4.90. The number of nitrogens with one attached hydrogen (secondary N) is 3. The third-order valence-electron chi connectivity index (χ3n) is 6.78. The SMILES string of the molecule is CONC(=O)Nc1ccc2c(c1)N(C)Cc1c3c(=O)n(-c4ccc(=O)[nH]n4)c(=O)n(Cc4c(F)cccc4F)c3nn1-2. The highest BCUT2D eigenvalue weighted by Crippen LogP contribution is 2.35. The van der Waals surface area contributed by atoms with Crippen LogP contribution in [-0.2, 0) is 17.9 Å². The van der Waals surface area contributed by atoms with E-state index < -0.39 is 46.6 Å². The van der Waals surface area contributed by atoms with Crippen molar-refractivity contribution in [2.75, 3.05) is 24.4 Å². The van der Waals surface area contributed by atoms with E-state index in [4.69, 9.17) is 0 Å². The molecule has 3 aromatic heterocycles. The molecule has 42 heavy (non-hydrogen) atoms. The molecule has 2 aromatic carbocycles. The van der Waals surface area contributed by atoms with E-state index in [0.29, 0.717) is 22.8 Å². The monoisotopic (exact) mass is 577 g/mol. The zero-order valence-electron chi connectivity index (χ0n) is 22.0. The summed E-state index contributed by atoms with van der Waals surface area (Å²) in [7, 11) is 3.05. The van der Waals surface area contributed by atoms with Gasteiger partial charge in [0.1, 0.15) is 17.0 Å². The summed E-state index contributed by atoms with van der Waals surface area (Å²) in [5, 5.41) is 13.2. The average molecular weight is 578 g/mol.